The SMILES string of the molecule is O=C(Nc1cc(C=Cc2ccccc2)n(-c2ncccc2Cl)n1)OCc1ccccc1. The molecule has 4 aromatic rings. The lowest BCUT2D eigenvalue weighted by Gasteiger charge is -2.06. The van der Waals surface area contributed by atoms with Crippen LogP contribution in [0.15, 0.2) is 85.1 Å². The van der Waals surface area contributed by atoms with E-state index in [9.17, 15) is 4.79 Å². The van der Waals surface area contributed by atoms with E-state index in [1.807, 2.05) is 72.8 Å². The van der Waals surface area contributed by atoms with Gasteiger partial charge in [0.05, 0.1) is 10.7 Å². The highest BCUT2D eigenvalue weighted by molar-refractivity contribution is 6.32. The monoisotopic (exact) mass is 430 g/mol. The summed E-state index contributed by atoms with van der Waals surface area (Å²) in [7, 11) is 0. The van der Waals surface area contributed by atoms with E-state index in [-0.39, 0.29) is 6.61 Å². The number of ether oxygens (including phenoxy) is 1. The van der Waals surface area contributed by atoms with E-state index in [4.69, 9.17) is 16.3 Å². The molecule has 1 N–H and O–H groups in total. The molecule has 0 atom stereocenters. The van der Waals surface area contributed by atoms with Crippen LogP contribution in [0.1, 0.15) is 16.8 Å². The maximum absolute atomic E-state index is 12.2. The van der Waals surface area contributed by atoms with E-state index in [2.05, 4.69) is 15.4 Å². The second-order valence-corrected chi connectivity index (χ2v) is 7.01. The average molecular weight is 431 g/mol. The van der Waals surface area contributed by atoms with Crippen molar-refractivity contribution in [2.75, 3.05) is 5.32 Å². The summed E-state index contributed by atoms with van der Waals surface area (Å²) >= 11 is 6.32. The third kappa shape index (κ3) is 5.38. The molecule has 4 rings (SSSR count). The number of rotatable bonds is 6. The fraction of sp³-hybridized carbons (Fsp3) is 0.0417. The smallest absolute Gasteiger partial charge is 0.413 e. The minimum atomic E-state index is -0.598. The number of aromatic nitrogens is 3. The Morgan fingerprint density at radius 1 is 1.00 bits per heavy atom. The van der Waals surface area contributed by atoms with Gasteiger partial charge in [-0.3, -0.25) is 5.32 Å². The third-order valence-electron chi connectivity index (χ3n) is 4.37. The molecule has 0 unspecified atom stereocenters. The predicted octanol–water partition coefficient (Wildman–Crippen LogP) is 5.84. The lowest BCUT2D eigenvalue weighted by Crippen LogP contribution is -2.14. The highest BCUT2D eigenvalue weighted by Gasteiger charge is 2.14. The van der Waals surface area contributed by atoms with Crippen molar-refractivity contribution >= 4 is 35.7 Å². The molecule has 0 saturated heterocycles. The third-order valence-corrected chi connectivity index (χ3v) is 4.66. The number of amides is 1. The second-order valence-electron chi connectivity index (χ2n) is 6.61. The number of carbonyl (C=O) groups is 1. The van der Waals surface area contributed by atoms with Gasteiger partial charge in [-0.1, -0.05) is 78.3 Å². The minimum absolute atomic E-state index is 0.167. The Balaban J connectivity index is 1.56. The summed E-state index contributed by atoms with van der Waals surface area (Å²) in [4.78, 5) is 16.6. The average Bonchev–Trinajstić information content (AvgIpc) is 3.20. The number of pyridine rings is 1. The molecule has 0 aliphatic carbocycles. The van der Waals surface area contributed by atoms with Gasteiger partial charge in [-0.25, -0.2) is 14.5 Å². The molecule has 0 aliphatic heterocycles. The molecule has 2 aromatic heterocycles. The summed E-state index contributed by atoms with van der Waals surface area (Å²) < 4.78 is 6.86. The molecule has 31 heavy (non-hydrogen) atoms. The summed E-state index contributed by atoms with van der Waals surface area (Å²) in [6, 6.07) is 24.5. The van der Waals surface area contributed by atoms with Gasteiger partial charge in [0.2, 0.25) is 0 Å². The van der Waals surface area contributed by atoms with Gasteiger partial charge < -0.3 is 4.74 Å². The molecule has 0 aliphatic rings. The fourth-order valence-electron chi connectivity index (χ4n) is 2.89. The number of nitrogens with one attached hydrogen (secondary N) is 1. The second kappa shape index (κ2) is 9.73. The number of benzene rings is 2. The molecule has 0 spiro atoms. The summed E-state index contributed by atoms with van der Waals surface area (Å²) in [5, 5.41) is 7.56. The topological polar surface area (TPSA) is 69.0 Å². The predicted molar refractivity (Wildman–Crippen MR) is 122 cm³/mol. The zero-order valence-electron chi connectivity index (χ0n) is 16.5. The maximum atomic E-state index is 12.2. The van der Waals surface area contributed by atoms with Crippen molar-refractivity contribution < 1.29 is 9.53 Å². The molecule has 154 valence electrons. The van der Waals surface area contributed by atoms with Crippen molar-refractivity contribution in [3.63, 3.8) is 0 Å². The van der Waals surface area contributed by atoms with Crippen LogP contribution in [0.3, 0.4) is 0 Å². The summed E-state index contributed by atoms with van der Waals surface area (Å²) in [5.74, 6) is 0.787. The van der Waals surface area contributed by atoms with Crippen molar-refractivity contribution in [3.05, 3.63) is 107 Å². The highest BCUT2D eigenvalue weighted by Crippen LogP contribution is 2.22. The first-order chi connectivity index (χ1) is 15.2. The minimum Gasteiger partial charge on any atom is -0.444 e. The number of hydrogen-bond acceptors (Lipinski definition) is 4. The van der Waals surface area contributed by atoms with Crippen LogP contribution < -0.4 is 5.32 Å². The van der Waals surface area contributed by atoms with Gasteiger partial charge in [0.25, 0.3) is 0 Å². The number of anilines is 1. The molecule has 2 heterocycles. The quantitative estimate of drug-likeness (QED) is 0.417. The van der Waals surface area contributed by atoms with E-state index < -0.39 is 6.09 Å². The molecule has 6 nitrogen and oxygen atoms in total. The van der Waals surface area contributed by atoms with Crippen LogP contribution in [0, 0.1) is 0 Å². The Labute approximate surface area is 184 Å². The van der Waals surface area contributed by atoms with Crippen LogP contribution in [0.2, 0.25) is 5.02 Å². The fourth-order valence-corrected chi connectivity index (χ4v) is 3.09. The normalized spacial score (nSPS) is 10.9. The largest absolute Gasteiger partial charge is 0.444 e. The lowest BCUT2D eigenvalue weighted by molar-refractivity contribution is 0.155. The maximum Gasteiger partial charge on any atom is 0.413 e. The molecule has 7 heteroatoms. The van der Waals surface area contributed by atoms with Crippen LogP contribution in [0.25, 0.3) is 18.0 Å². The van der Waals surface area contributed by atoms with Crippen molar-refractivity contribution in [1.29, 1.82) is 0 Å². The molecule has 1 amide bonds. The zero-order valence-corrected chi connectivity index (χ0v) is 17.2. The van der Waals surface area contributed by atoms with Crippen molar-refractivity contribution in [3.8, 4) is 5.82 Å². The van der Waals surface area contributed by atoms with Gasteiger partial charge in [0.1, 0.15) is 6.61 Å². The molecule has 0 saturated carbocycles. The van der Waals surface area contributed by atoms with Crippen LogP contribution in [-0.4, -0.2) is 20.9 Å². The van der Waals surface area contributed by atoms with E-state index in [1.165, 1.54) is 0 Å². The molecular weight excluding hydrogens is 412 g/mol. The first-order valence-corrected chi connectivity index (χ1v) is 9.98. The first-order valence-electron chi connectivity index (χ1n) is 9.61. The van der Waals surface area contributed by atoms with Crippen LogP contribution >= 0.6 is 11.6 Å². The van der Waals surface area contributed by atoms with Crippen molar-refractivity contribution in [2.45, 2.75) is 6.61 Å². The van der Waals surface area contributed by atoms with Crippen molar-refractivity contribution in [2.24, 2.45) is 0 Å². The summed E-state index contributed by atoms with van der Waals surface area (Å²) in [5.41, 5.74) is 2.62. The van der Waals surface area contributed by atoms with Gasteiger partial charge in [0.15, 0.2) is 11.6 Å². The van der Waals surface area contributed by atoms with Crippen molar-refractivity contribution in [1.82, 2.24) is 14.8 Å². The molecule has 2 aromatic carbocycles. The summed E-state index contributed by atoms with van der Waals surface area (Å²) in [6.45, 7) is 0.167. The van der Waals surface area contributed by atoms with Gasteiger partial charge in [0, 0.05) is 12.3 Å². The Morgan fingerprint density at radius 3 is 2.48 bits per heavy atom. The van der Waals surface area contributed by atoms with Crippen LogP contribution in [0.5, 0.6) is 0 Å². The van der Waals surface area contributed by atoms with Gasteiger partial charge in [-0.2, -0.15) is 0 Å². The zero-order chi connectivity index (χ0) is 21.5. The Hall–Kier alpha value is -3.90. The standard InChI is InChI=1S/C24H19ClN4O2/c25-21-12-7-15-26-23(21)29-20(14-13-18-8-3-1-4-9-18)16-22(28-29)27-24(30)31-17-19-10-5-2-6-11-19/h1-16H,17H2,(H,27,28,30). The molecule has 0 fully saturated rings. The molecule has 0 bridgehead atoms. The number of hydrogen-bond donors (Lipinski definition) is 1. The summed E-state index contributed by atoms with van der Waals surface area (Å²) in [6.07, 6.45) is 4.86. The Bertz CT molecular complexity index is 1190. The first kappa shape index (κ1) is 20.4. The van der Waals surface area contributed by atoms with Crippen LogP contribution in [0.4, 0.5) is 10.6 Å². The van der Waals surface area contributed by atoms with Gasteiger partial charge >= 0.3 is 6.09 Å². The van der Waals surface area contributed by atoms with Crippen LogP contribution in [-0.2, 0) is 11.3 Å². The Morgan fingerprint density at radius 2 is 1.74 bits per heavy atom. The van der Waals surface area contributed by atoms with E-state index in [0.29, 0.717) is 22.4 Å². The molecular formula is C24H19ClN4O2. The van der Waals surface area contributed by atoms with Gasteiger partial charge in [-0.05, 0) is 29.3 Å². The number of nitrogens with zero attached hydrogens (tertiary/aromatic N) is 3. The van der Waals surface area contributed by atoms with E-state index in [1.54, 1.807) is 29.1 Å². The Kier molecular flexibility index (Phi) is 6.40. The van der Waals surface area contributed by atoms with E-state index in [0.717, 1.165) is 11.1 Å². The lowest BCUT2D eigenvalue weighted by atomic mass is 10.2. The van der Waals surface area contributed by atoms with Gasteiger partial charge in [-0.15, -0.1) is 5.10 Å². The van der Waals surface area contributed by atoms with E-state index >= 15 is 0 Å². The number of halogens is 1. The number of carbonyl (C=O) groups excluding carboxylic acids is 1. The highest BCUT2D eigenvalue weighted by atomic mass is 35.5. The molecule has 0 radical (unpaired) electrons.